The molecule has 0 aliphatic rings. The molecule has 4 heteroatoms. The van der Waals surface area contributed by atoms with E-state index in [1.54, 1.807) is 0 Å². The van der Waals surface area contributed by atoms with Crippen molar-refractivity contribution < 1.29 is 4.79 Å². The molecule has 0 radical (unpaired) electrons. The fraction of sp³-hybridized carbons (Fsp3) is 0.133. The molecule has 0 aliphatic carbocycles. The monoisotopic (exact) mass is 318 g/mol. The van der Waals surface area contributed by atoms with Crippen molar-refractivity contribution in [3.05, 3.63) is 64.6 Å². The number of carbonyl (C=O) groups is 1. The van der Waals surface area contributed by atoms with Crippen molar-refractivity contribution in [1.29, 1.82) is 0 Å². The maximum atomic E-state index is 11.7. The summed E-state index contributed by atoms with van der Waals surface area (Å²) in [6.45, 7) is 0.611. The van der Waals surface area contributed by atoms with Crippen molar-refractivity contribution in [2.75, 3.05) is 11.9 Å². The van der Waals surface area contributed by atoms with Gasteiger partial charge in [-0.05, 0) is 40.0 Å². The second-order valence-corrected chi connectivity index (χ2v) is 4.95. The van der Waals surface area contributed by atoms with Gasteiger partial charge in [-0.25, -0.2) is 4.79 Å². The maximum Gasteiger partial charge on any atom is 0.319 e. The van der Waals surface area contributed by atoms with Gasteiger partial charge in [0.1, 0.15) is 0 Å². The third-order valence-corrected chi connectivity index (χ3v) is 3.36. The van der Waals surface area contributed by atoms with E-state index >= 15 is 0 Å². The van der Waals surface area contributed by atoms with Crippen LogP contribution >= 0.6 is 15.9 Å². The van der Waals surface area contributed by atoms with Gasteiger partial charge in [0.15, 0.2) is 0 Å². The van der Waals surface area contributed by atoms with Gasteiger partial charge >= 0.3 is 6.03 Å². The normalized spacial score (nSPS) is 9.95. The van der Waals surface area contributed by atoms with Gasteiger partial charge < -0.3 is 10.6 Å². The molecule has 19 heavy (non-hydrogen) atoms. The first kappa shape index (κ1) is 13.6. The summed E-state index contributed by atoms with van der Waals surface area (Å²) in [5.41, 5.74) is 1.98. The molecule has 2 amide bonds. The predicted molar refractivity (Wildman–Crippen MR) is 81.3 cm³/mol. The Kier molecular flexibility index (Phi) is 4.98. The largest absolute Gasteiger partial charge is 0.338 e. The highest BCUT2D eigenvalue weighted by molar-refractivity contribution is 9.10. The summed E-state index contributed by atoms with van der Waals surface area (Å²) >= 11 is 3.39. The number of rotatable bonds is 4. The molecule has 0 fully saturated rings. The number of anilines is 1. The molecule has 0 saturated heterocycles. The molecule has 0 aliphatic heterocycles. The molecule has 0 saturated carbocycles. The van der Waals surface area contributed by atoms with E-state index in [0.717, 1.165) is 16.6 Å². The van der Waals surface area contributed by atoms with Crippen LogP contribution in [0.1, 0.15) is 5.56 Å². The fourth-order valence-electron chi connectivity index (χ4n) is 1.69. The zero-order valence-electron chi connectivity index (χ0n) is 10.4. The Hall–Kier alpha value is -1.81. The van der Waals surface area contributed by atoms with Crippen molar-refractivity contribution in [1.82, 2.24) is 5.32 Å². The maximum absolute atomic E-state index is 11.7. The number of carbonyl (C=O) groups excluding carboxylic acids is 1. The summed E-state index contributed by atoms with van der Waals surface area (Å²) in [6.07, 6.45) is 0.824. The Morgan fingerprint density at radius 1 is 1.00 bits per heavy atom. The first-order valence-electron chi connectivity index (χ1n) is 6.09. The quantitative estimate of drug-likeness (QED) is 0.884. The highest BCUT2D eigenvalue weighted by Gasteiger charge is 2.03. The Labute approximate surface area is 121 Å². The number of urea groups is 1. The molecule has 3 nitrogen and oxygen atoms in total. The average Bonchev–Trinajstić information content (AvgIpc) is 2.43. The van der Waals surface area contributed by atoms with Crippen molar-refractivity contribution in [3.63, 3.8) is 0 Å². The number of hydrogen-bond acceptors (Lipinski definition) is 1. The van der Waals surface area contributed by atoms with Crippen molar-refractivity contribution in [2.24, 2.45) is 0 Å². The minimum atomic E-state index is -0.192. The summed E-state index contributed by atoms with van der Waals surface area (Å²) < 4.78 is 0.869. The molecular weight excluding hydrogens is 304 g/mol. The van der Waals surface area contributed by atoms with Crippen LogP contribution in [0, 0.1) is 0 Å². The molecule has 0 aromatic heterocycles. The Bertz CT molecular complexity index is 543. The van der Waals surface area contributed by atoms with Crippen LogP contribution in [0.3, 0.4) is 0 Å². The first-order valence-corrected chi connectivity index (χ1v) is 6.88. The van der Waals surface area contributed by atoms with Gasteiger partial charge in [-0.1, -0.05) is 42.5 Å². The summed E-state index contributed by atoms with van der Waals surface area (Å²) in [5.74, 6) is 0. The molecule has 2 aromatic rings. The third kappa shape index (κ3) is 4.41. The molecule has 98 valence electrons. The SMILES string of the molecule is O=C(NCCc1ccccc1)Nc1ccccc1Br. The van der Waals surface area contributed by atoms with E-state index in [2.05, 4.69) is 26.6 Å². The summed E-state index contributed by atoms with van der Waals surface area (Å²) in [6, 6.07) is 17.4. The zero-order chi connectivity index (χ0) is 13.5. The number of halogens is 1. The summed E-state index contributed by atoms with van der Waals surface area (Å²) in [5, 5.41) is 5.64. The van der Waals surface area contributed by atoms with Gasteiger partial charge in [-0.15, -0.1) is 0 Å². The number of amides is 2. The molecule has 2 aromatic carbocycles. The standard InChI is InChI=1S/C15H15BrN2O/c16-13-8-4-5-9-14(13)18-15(19)17-11-10-12-6-2-1-3-7-12/h1-9H,10-11H2,(H2,17,18,19). The van der Waals surface area contributed by atoms with Crippen LogP contribution in [0.5, 0.6) is 0 Å². The van der Waals surface area contributed by atoms with Crippen LogP contribution in [0.2, 0.25) is 0 Å². The van der Waals surface area contributed by atoms with Crippen LogP contribution in [0.15, 0.2) is 59.1 Å². The van der Waals surface area contributed by atoms with Gasteiger partial charge in [0.2, 0.25) is 0 Å². The molecule has 0 bridgehead atoms. The number of para-hydroxylation sites is 1. The van der Waals surface area contributed by atoms with Crippen molar-refractivity contribution >= 4 is 27.6 Å². The smallest absolute Gasteiger partial charge is 0.319 e. The topological polar surface area (TPSA) is 41.1 Å². The van der Waals surface area contributed by atoms with Crippen molar-refractivity contribution in [2.45, 2.75) is 6.42 Å². The molecule has 2 rings (SSSR count). The Balaban J connectivity index is 1.78. The van der Waals surface area contributed by atoms with Gasteiger partial charge in [0, 0.05) is 11.0 Å². The van der Waals surface area contributed by atoms with E-state index in [9.17, 15) is 4.79 Å². The van der Waals surface area contributed by atoms with E-state index in [-0.39, 0.29) is 6.03 Å². The average molecular weight is 319 g/mol. The van der Waals surface area contributed by atoms with Crippen LogP contribution in [0.25, 0.3) is 0 Å². The van der Waals surface area contributed by atoms with Crippen LogP contribution in [0.4, 0.5) is 10.5 Å². The van der Waals surface area contributed by atoms with Crippen LogP contribution in [-0.4, -0.2) is 12.6 Å². The Morgan fingerprint density at radius 3 is 2.42 bits per heavy atom. The third-order valence-electron chi connectivity index (χ3n) is 2.66. The van der Waals surface area contributed by atoms with E-state index in [0.29, 0.717) is 6.54 Å². The lowest BCUT2D eigenvalue weighted by Gasteiger charge is -2.09. The summed E-state index contributed by atoms with van der Waals surface area (Å²) in [7, 11) is 0. The number of nitrogens with one attached hydrogen (secondary N) is 2. The van der Waals surface area contributed by atoms with E-state index < -0.39 is 0 Å². The molecule has 0 unspecified atom stereocenters. The lowest BCUT2D eigenvalue weighted by molar-refractivity contribution is 0.252. The van der Waals surface area contributed by atoms with E-state index in [4.69, 9.17) is 0 Å². The Morgan fingerprint density at radius 2 is 1.68 bits per heavy atom. The molecule has 0 heterocycles. The predicted octanol–water partition coefficient (Wildman–Crippen LogP) is 3.81. The van der Waals surface area contributed by atoms with Crippen LogP contribution < -0.4 is 10.6 Å². The van der Waals surface area contributed by atoms with Gasteiger partial charge in [0.05, 0.1) is 5.69 Å². The summed E-state index contributed by atoms with van der Waals surface area (Å²) in [4.78, 5) is 11.7. The van der Waals surface area contributed by atoms with Gasteiger partial charge in [-0.2, -0.15) is 0 Å². The second-order valence-electron chi connectivity index (χ2n) is 4.10. The number of benzene rings is 2. The highest BCUT2D eigenvalue weighted by Crippen LogP contribution is 2.20. The fourth-order valence-corrected chi connectivity index (χ4v) is 2.08. The molecule has 2 N–H and O–H groups in total. The number of hydrogen-bond donors (Lipinski definition) is 2. The van der Waals surface area contributed by atoms with Gasteiger partial charge in [-0.3, -0.25) is 0 Å². The van der Waals surface area contributed by atoms with Crippen molar-refractivity contribution in [3.8, 4) is 0 Å². The second kappa shape index (κ2) is 6.95. The lowest BCUT2D eigenvalue weighted by Crippen LogP contribution is -2.30. The van der Waals surface area contributed by atoms with E-state index in [1.807, 2.05) is 54.6 Å². The lowest BCUT2D eigenvalue weighted by atomic mass is 10.1. The highest BCUT2D eigenvalue weighted by atomic mass is 79.9. The molecular formula is C15H15BrN2O. The molecule has 0 spiro atoms. The minimum absolute atomic E-state index is 0.192. The first-order chi connectivity index (χ1) is 9.25. The van der Waals surface area contributed by atoms with Crippen LogP contribution in [-0.2, 0) is 6.42 Å². The van der Waals surface area contributed by atoms with E-state index in [1.165, 1.54) is 5.56 Å². The molecule has 0 atom stereocenters. The van der Waals surface area contributed by atoms with Gasteiger partial charge in [0.25, 0.3) is 0 Å². The zero-order valence-corrected chi connectivity index (χ0v) is 12.0. The minimum Gasteiger partial charge on any atom is -0.338 e.